The number of rotatable bonds is 2. The zero-order valence-corrected chi connectivity index (χ0v) is 6.04. The smallest absolute Gasteiger partial charge is 0.213 e. The SMILES string of the molecule is COc1ccc(F)c(CO)n1. The van der Waals surface area contributed by atoms with Crippen molar-refractivity contribution in [1.29, 1.82) is 0 Å². The van der Waals surface area contributed by atoms with Gasteiger partial charge in [0.15, 0.2) is 0 Å². The number of methoxy groups -OCH3 is 1. The summed E-state index contributed by atoms with van der Waals surface area (Å²) in [6.07, 6.45) is 0. The van der Waals surface area contributed by atoms with Crippen LogP contribution in [0, 0.1) is 5.82 Å². The number of hydrogen-bond acceptors (Lipinski definition) is 3. The van der Waals surface area contributed by atoms with Crippen LogP contribution in [0.2, 0.25) is 0 Å². The molecule has 0 aromatic carbocycles. The van der Waals surface area contributed by atoms with Crippen LogP contribution in [0.3, 0.4) is 0 Å². The lowest BCUT2D eigenvalue weighted by Crippen LogP contribution is -1.96. The van der Waals surface area contributed by atoms with E-state index in [1.807, 2.05) is 0 Å². The van der Waals surface area contributed by atoms with E-state index >= 15 is 0 Å². The number of aliphatic hydroxyl groups is 1. The lowest BCUT2D eigenvalue weighted by atomic mass is 10.3. The molecular formula is C7H8FNO2. The molecule has 0 aliphatic heterocycles. The van der Waals surface area contributed by atoms with E-state index < -0.39 is 12.4 Å². The zero-order chi connectivity index (χ0) is 8.27. The van der Waals surface area contributed by atoms with Gasteiger partial charge in [0.25, 0.3) is 0 Å². The zero-order valence-electron chi connectivity index (χ0n) is 6.04. The molecule has 1 aromatic heterocycles. The van der Waals surface area contributed by atoms with E-state index in [4.69, 9.17) is 9.84 Å². The van der Waals surface area contributed by atoms with Crippen LogP contribution in [0.4, 0.5) is 4.39 Å². The first kappa shape index (κ1) is 7.94. The molecule has 0 aliphatic carbocycles. The molecule has 0 radical (unpaired) electrons. The third-order valence-electron chi connectivity index (χ3n) is 1.25. The fourth-order valence-corrected chi connectivity index (χ4v) is 0.689. The lowest BCUT2D eigenvalue weighted by Gasteiger charge is -2.00. The Morgan fingerprint density at radius 1 is 1.64 bits per heavy atom. The molecule has 0 amide bonds. The van der Waals surface area contributed by atoms with Gasteiger partial charge < -0.3 is 9.84 Å². The third kappa shape index (κ3) is 1.65. The molecule has 1 heterocycles. The Morgan fingerprint density at radius 3 is 2.91 bits per heavy atom. The van der Waals surface area contributed by atoms with Crippen LogP contribution in [-0.2, 0) is 6.61 Å². The molecule has 60 valence electrons. The lowest BCUT2D eigenvalue weighted by molar-refractivity contribution is 0.267. The largest absolute Gasteiger partial charge is 0.481 e. The summed E-state index contributed by atoms with van der Waals surface area (Å²) in [5, 5.41) is 8.58. The van der Waals surface area contributed by atoms with Crippen molar-refractivity contribution in [1.82, 2.24) is 4.98 Å². The van der Waals surface area contributed by atoms with E-state index in [9.17, 15) is 4.39 Å². The summed E-state index contributed by atoms with van der Waals surface area (Å²) in [7, 11) is 1.43. The van der Waals surface area contributed by atoms with Gasteiger partial charge in [-0.25, -0.2) is 9.37 Å². The van der Waals surface area contributed by atoms with Crippen LogP contribution in [0.25, 0.3) is 0 Å². The molecule has 1 aromatic rings. The Hall–Kier alpha value is -1.16. The van der Waals surface area contributed by atoms with Crippen molar-refractivity contribution in [2.75, 3.05) is 7.11 Å². The molecule has 11 heavy (non-hydrogen) atoms. The Balaban J connectivity index is 3.02. The average molecular weight is 157 g/mol. The summed E-state index contributed by atoms with van der Waals surface area (Å²) in [6, 6.07) is 2.60. The first-order valence-corrected chi connectivity index (χ1v) is 3.08. The maximum Gasteiger partial charge on any atom is 0.213 e. The van der Waals surface area contributed by atoms with Crippen LogP contribution >= 0.6 is 0 Å². The number of pyridine rings is 1. The topological polar surface area (TPSA) is 42.4 Å². The van der Waals surface area contributed by atoms with Gasteiger partial charge in [-0.05, 0) is 6.07 Å². The van der Waals surface area contributed by atoms with Crippen LogP contribution in [0.15, 0.2) is 12.1 Å². The molecular weight excluding hydrogens is 149 g/mol. The summed E-state index contributed by atoms with van der Waals surface area (Å²) in [5.41, 5.74) is 0.00403. The molecule has 0 fully saturated rings. The number of hydrogen-bond donors (Lipinski definition) is 1. The molecule has 0 saturated carbocycles. The molecule has 0 aliphatic rings. The number of ether oxygens (including phenoxy) is 1. The second-order valence-corrected chi connectivity index (χ2v) is 1.94. The number of halogens is 1. The summed E-state index contributed by atoms with van der Waals surface area (Å²) in [6.45, 7) is -0.414. The van der Waals surface area contributed by atoms with Gasteiger partial charge in [-0.3, -0.25) is 0 Å². The van der Waals surface area contributed by atoms with Crippen LogP contribution in [0.5, 0.6) is 5.88 Å². The first-order chi connectivity index (χ1) is 5.27. The van der Waals surface area contributed by atoms with E-state index in [-0.39, 0.29) is 5.69 Å². The highest BCUT2D eigenvalue weighted by molar-refractivity contribution is 5.16. The molecule has 0 unspecified atom stereocenters. The minimum atomic E-state index is -0.520. The highest BCUT2D eigenvalue weighted by Gasteiger charge is 2.02. The molecule has 1 N–H and O–H groups in total. The maximum atomic E-state index is 12.6. The average Bonchev–Trinajstić information content (AvgIpc) is 2.05. The fraction of sp³-hybridized carbons (Fsp3) is 0.286. The summed E-state index contributed by atoms with van der Waals surface area (Å²) in [5.74, 6) is -0.219. The van der Waals surface area contributed by atoms with Crippen molar-refractivity contribution in [2.24, 2.45) is 0 Å². The van der Waals surface area contributed by atoms with Crippen LogP contribution < -0.4 is 4.74 Å². The second kappa shape index (κ2) is 3.30. The number of aliphatic hydroxyl groups excluding tert-OH is 1. The normalized spacial score (nSPS) is 9.73. The van der Waals surface area contributed by atoms with Gasteiger partial charge in [0.2, 0.25) is 5.88 Å². The minimum absolute atomic E-state index is 0.00403. The van der Waals surface area contributed by atoms with Crippen molar-refractivity contribution in [3.63, 3.8) is 0 Å². The van der Waals surface area contributed by atoms with Crippen LogP contribution in [-0.4, -0.2) is 17.2 Å². The monoisotopic (exact) mass is 157 g/mol. The Labute approximate surface area is 63.5 Å². The van der Waals surface area contributed by atoms with Crippen molar-refractivity contribution in [2.45, 2.75) is 6.61 Å². The highest BCUT2D eigenvalue weighted by Crippen LogP contribution is 2.10. The van der Waals surface area contributed by atoms with Crippen molar-refractivity contribution >= 4 is 0 Å². The summed E-state index contributed by atoms with van der Waals surface area (Å²) < 4.78 is 17.4. The van der Waals surface area contributed by atoms with E-state index in [0.717, 1.165) is 0 Å². The highest BCUT2D eigenvalue weighted by atomic mass is 19.1. The van der Waals surface area contributed by atoms with Gasteiger partial charge in [0.05, 0.1) is 13.7 Å². The summed E-state index contributed by atoms with van der Waals surface area (Å²) >= 11 is 0. The standard InChI is InChI=1S/C7H8FNO2/c1-11-7-3-2-5(8)6(4-10)9-7/h2-3,10H,4H2,1H3. The van der Waals surface area contributed by atoms with E-state index in [1.54, 1.807) is 0 Å². The van der Waals surface area contributed by atoms with Gasteiger partial charge in [0.1, 0.15) is 11.5 Å². The fourth-order valence-electron chi connectivity index (χ4n) is 0.689. The maximum absolute atomic E-state index is 12.6. The van der Waals surface area contributed by atoms with Gasteiger partial charge in [-0.15, -0.1) is 0 Å². The van der Waals surface area contributed by atoms with Gasteiger partial charge >= 0.3 is 0 Å². The molecule has 0 saturated heterocycles. The molecule has 0 atom stereocenters. The predicted molar refractivity (Wildman–Crippen MR) is 36.7 cm³/mol. The van der Waals surface area contributed by atoms with Gasteiger partial charge in [-0.1, -0.05) is 0 Å². The third-order valence-corrected chi connectivity index (χ3v) is 1.25. The molecule has 4 heteroatoms. The van der Waals surface area contributed by atoms with Crippen molar-refractivity contribution < 1.29 is 14.2 Å². The molecule has 0 bridgehead atoms. The Kier molecular flexibility index (Phi) is 2.38. The molecule has 1 rings (SSSR count). The number of nitrogens with zero attached hydrogens (tertiary/aromatic N) is 1. The molecule has 3 nitrogen and oxygen atoms in total. The van der Waals surface area contributed by atoms with Gasteiger partial charge in [0, 0.05) is 6.07 Å². The van der Waals surface area contributed by atoms with Gasteiger partial charge in [-0.2, -0.15) is 0 Å². The Bertz CT molecular complexity index is 252. The summed E-state index contributed by atoms with van der Waals surface area (Å²) in [4.78, 5) is 3.66. The van der Waals surface area contributed by atoms with Crippen molar-refractivity contribution in [3.8, 4) is 5.88 Å². The van der Waals surface area contributed by atoms with Crippen molar-refractivity contribution in [3.05, 3.63) is 23.6 Å². The molecule has 0 spiro atoms. The van der Waals surface area contributed by atoms with E-state index in [2.05, 4.69) is 4.98 Å². The number of aromatic nitrogens is 1. The quantitative estimate of drug-likeness (QED) is 0.687. The minimum Gasteiger partial charge on any atom is -0.481 e. The van der Waals surface area contributed by atoms with E-state index in [0.29, 0.717) is 5.88 Å². The second-order valence-electron chi connectivity index (χ2n) is 1.94. The van der Waals surface area contributed by atoms with Crippen LogP contribution in [0.1, 0.15) is 5.69 Å². The predicted octanol–water partition coefficient (Wildman–Crippen LogP) is 0.722. The van der Waals surface area contributed by atoms with E-state index in [1.165, 1.54) is 19.2 Å². The first-order valence-electron chi connectivity index (χ1n) is 3.08. The Morgan fingerprint density at radius 2 is 2.36 bits per heavy atom.